The minimum absolute atomic E-state index is 0.190. The minimum atomic E-state index is -0.190. The van der Waals surface area contributed by atoms with Crippen molar-refractivity contribution < 1.29 is 9.53 Å². The smallest absolute Gasteiger partial charge is 0.141 e. The Balaban J connectivity index is 2.90. The van der Waals surface area contributed by atoms with Crippen LogP contribution in [0.1, 0.15) is 46.5 Å². The Morgan fingerprint density at radius 2 is 1.87 bits per heavy atom. The molecule has 0 aromatic heterocycles. The average molecular weight is 212 g/mol. The summed E-state index contributed by atoms with van der Waals surface area (Å²) in [5.74, 6) is 1.38. The van der Waals surface area contributed by atoms with E-state index >= 15 is 0 Å². The molecule has 0 amide bonds. The Morgan fingerprint density at radius 1 is 1.33 bits per heavy atom. The third kappa shape index (κ3) is 2.10. The molecule has 0 saturated heterocycles. The van der Waals surface area contributed by atoms with E-state index in [-0.39, 0.29) is 5.41 Å². The predicted molar refractivity (Wildman–Crippen MR) is 61.8 cm³/mol. The van der Waals surface area contributed by atoms with Gasteiger partial charge in [0.15, 0.2) is 0 Å². The first-order valence-electron chi connectivity index (χ1n) is 6.11. The molecule has 88 valence electrons. The highest BCUT2D eigenvalue weighted by Gasteiger charge is 2.50. The van der Waals surface area contributed by atoms with Gasteiger partial charge in [-0.25, -0.2) is 0 Å². The van der Waals surface area contributed by atoms with Gasteiger partial charge in [-0.2, -0.15) is 0 Å². The molecule has 0 spiro atoms. The van der Waals surface area contributed by atoms with Gasteiger partial charge in [0.25, 0.3) is 0 Å². The third-order valence-electron chi connectivity index (χ3n) is 4.17. The Morgan fingerprint density at radius 3 is 2.27 bits per heavy atom. The van der Waals surface area contributed by atoms with Crippen molar-refractivity contribution in [3.63, 3.8) is 0 Å². The van der Waals surface area contributed by atoms with E-state index in [1.165, 1.54) is 12.8 Å². The lowest BCUT2D eigenvalue weighted by molar-refractivity contribution is -0.137. The molecule has 0 aromatic carbocycles. The summed E-state index contributed by atoms with van der Waals surface area (Å²) < 4.78 is 5.32. The van der Waals surface area contributed by atoms with Crippen LogP contribution in [0.15, 0.2) is 0 Å². The zero-order chi connectivity index (χ0) is 11.5. The fraction of sp³-hybridized carbons (Fsp3) is 0.923. The highest BCUT2D eigenvalue weighted by molar-refractivity contribution is 5.86. The number of rotatable bonds is 5. The summed E-state index contributed by atoms with van der Waals surface area (Å²) in [4.78, 5) is 12.3. The first-order chi connectivity index (χ1) is 7.09. The van der Waals surface area contributed by atoms with Crippen LogP contribution in [-0.4, -0.2) is 19.5 Å². The summed E-state index contributed by atoms with van der Waals surface area (Å²) in [5.41, 5.74) is -0.190. The number of carbonyl (C=O) groups excluding carboxylic acids is 1. The van der Waals surface area contributed by atoms with E-state index in [2.05, 4.69) is 20.8 Å². The predicted octanol–water partition coefficient (Wildman–Crippen LogP) is 3.05. The van der Waals surface area contributed by atoms with Crippen LogP contribution in [0.5, 0.6) is 0 Å². The number of carbonyl (C=O) groups is 1. The quantitative estimate of drug-likeness (QED) is 0.700. The third-order valence-corrected chi connectivity index (χ3v) is 4.17. The van der Waals surface area contributed by atoms with Gasteiger partial charge in [-0.15, -0.1) is 0 Å². The lowest BCUT2D eigenvalue weighted by Gasteiger charge is -2.35. The summed E-state index contributed by atoms with van der Waals surface area (Å²) in [5, 5.41) is 0. The lowest BCUT2D eigenvalue weighted by Crippen LogP contribution is -2.42. The molecule has 2 unspecified atom stereocenters. The Hall–Kier alpha value is -0.370. The maximum absolute atomic E-state index is 12.3. The summed E-state index contributed by atoms with van der Waals surface area (Å²) in [6.45, 7) is 7.09. The van der Waals surface area contributed by atoms with Crippen LogP contribution in [-0.2, 0) is 9.53 Å². The van der Waals surface area contributed by atoms with Crippen molar-refractivity contribution in [1.29, 1.82) is 0 Å². The molecule has 3 atom stereocenters. The summed E-state index contributed by atoms with van der Waals surface area (Å²) >= 11 is 0. The van der Waals surface area contributed by atoms with E-state index in [1.54, 1.807) is 7.11 Å². The van der Waals surface area contributed by atoms with Gasteiger partial charge >= 0.3 is 0 Å². The molecule has 0 radical (unpaired) electrons. The number of ether oxygens (including phenoxy) is 1. The zero-order valence-corrected chi connectivity index (χ0v) is 10.5. The summed E-state index contributed by atoms with van der Waals surface area (Å²) in [7, 11) is 1.71. The molecule has 2 heteroatoms. The number of ketones is 1. The number of hydrogen-bond acceptors (Lipinski definition) is 2. The van der Waals surface area contributed by atoms with Crippen molar-refractivity contribution >= 4 is 5.78 Å². The largest absolute Gasteiger partial charge is 0.384 e. The van der Waals surface area contributed by atoms with E-state index in [4.69, 9.17) is 4.74 Å². The van der Waals surface area contributed by atoms with Crippen LogP contribution >= 0.6 is 0 Å². The topological polar surface area (TPSA) is 26.3 Å². The summed E-state index contributed by atoms with van der Waals surface area (Å²) in [6, 6.07) is 0. The molecule has 0 bridgehead atoms. The monoisotopic (exact) mass is 212 g/mol. The van der Waals surface area contributed by atoms with Crippen LogP contribution in [0, 0.1) is 17.3 Å². The van der Waals surface area contributed by atoms with Crippen LogP contribution in [0.4, 0.5) is 0 Å². The highest BCUT2D eigenvalue weighted by Crippen LogP contribution is 2.49. The van der Waals surface area contributed by atoms with E-state index in [9.17, 15) is 4.79 Å². The fourth-order valence-corrected chi connectivity index (χ4v) is 3.11. The van der Waals surface area contributed by atoms with Gasteiger partial charge in [-0.05, 0) is 31.1 Å². The molecule has 1 rings (SSSR count). The van der Waals surface area contributed by atoms with Crippen molar-refractivity contribution in [1.82, 2.24) is 0 Å². The van der Waals surface area contributed by atoms with Gasteiger partial charge in [0, 0.05) is 13.5 Å². The molecular formula is C13H24O2. The van der Waals surface area contributed by atoms with Crippen LogP contribution in [0.3, 0.4) is 0 Å². The molecule has 1 aliphatic rings. The molecule has 1 saturated carbocycles. The number of hydrogen-bond donors (Lipinski definition) is 0. The van der Waals surface area contributed by atoms with E-state index in [0.717, 1.165) is 6.42 Å². The number of methoxy groups -OCH3 is 1. The Bertz CT molecular complexity index is 213. The molecule has 0 aromatic rings. The lowest BCUT2D eigenvalue weighted by atomic mass is 9.69. The van der Waals surface area contributed by atoms with Crippen molar-refractivity contribution in [3.8, 4) is 0 Å². The average Bonchev–Trinajstić information content (AvgIpc) is 2.47. The SMILES string of the molecule is CCCC(=O)C1(COC)C(C)CC[C@H]1C. The molecule has 1 fully saturated rings. The summed E-state index contributed by atoms with van der Waals surface area (Å²) in [6.07, 6.45) is 3.99. The molecule has 15 heavy (non-hydrogen) atoms. The van der Waals surface area contributed by atoms with Gasteiger partial charge in [-0.1, -0.05) is 20.8 Å². The standard InChI is InChI=1S/C13H24O2/c1-5-6-12(14)13(9-15-4)10(2)7-8-11(13)3/h10-11H,5-9H2,1-4H3/t10-,11?,13?/m1/s1. The maximum atomic E-state index is 12.3. The van der Waals surface area contributed by atoms with E-state index in [0.29, 0.717) is 30.6 Å². The van der Waals surface area contributed by atoms with Crippen molar-refractivity contribution in [2.24, 2.45) is 17.3 Å². The van der Waals surface area contributed by atoms with Crippen molar-refractivity contribution in [2.75, 3.05) is 13.7 Å². The second-order valence-corrected chi connectivity index (χ2v) is 5.03. The highest BCUT2D eigenvalue weighted by atomic mass is 16.5. The van der Waals surface area contributed by atoms with Crippen molar-refractivity contribution in [2.45, 2.75) is 46.5 Å². The van der Waals surface area contributed by atoms with Crippen molar-refractivity contribution in [3.05, 3.63) is 0 Å². The van der Waals surface area contributed by atoms with E-state index in [1.807, 2.05) is 0 Å². The van der Waals surface area contributed by atoms with Crippen LogP contribution in [0.25, 0.3) is 0 Å². The fourth-order valence-electron chi connectivity index (χ4n) is 3.11. The van der Waals surface area contributed by atoms with Gasteiger partial charge in [0.2, 0.25) is 0 Å². The minimum Gasteiger partial charge on any atom is -0.384 e. The van der Waals surface area contributed by atoms with Crippen LogP contribution < -0.4 is 0 Å². The second kappa shape index (κ2) is 5.11. The molecule has 0 aliphatic heterocycles. The van der Waals surface area contributed by atoms with E-state index < -0.39 is 0 Å². The zero-order valence-electron chi connectivity index (χ0n) is 10.5. The molecule has 1 aliphatic carbocycles. The molecule has 2 nitrogen and oxygen atoms in total. The second-order valence-electron chi connectivity index (χ2n) is 5.03. The Kier molecular flexibility index (Phi) is 4.32. The van der Waals surface area contributed by atoms with Crippen LogP contribution in [0.2, 0.25) is 0 Å². The normalized spacial score (nSPS) is 35.7. The molecule has 0 N–H and O–H groups in total. The van der Waals surface area contributed by atoms with Gasteiger partial charge in [0.1, 0.15) is 5.78 Å². The number of Topliss-reactive ketones (excluding diaryl/α,β-unsaturated/α-hetero) is 1. The maximum Gasteiger partial charge on any atom is 0.141 e. The van der Waals surface area contributed by atoms with Gasteiger partial charge in [0.05, 0.1) is 12.0 Å². The first kappa shape index (κ1) is 12.7. The van der Waals surface area contributed by atoms with Gasteiger partial charge in [-0.3, -0.25) is 4.79 Å². The Labute approximate surface area is 93.4 Å². The molecular weight excluding hydrogens is 188 g/mol. The molecule has 0 heterocycles. The first-order valence-corrected chi connectivity index (χ1v) is 6.11. The van der Waals surface area contributed by atoms with Gasteiger partial charge < -0.3 is 4.74 Å².